The van der Waals surface area contributed by atoms with Gasteiger partial charge in [-0.2, -0.15) is 14.5 Å². The molecular formula is C27H30N8O2S. The number of nitrogens with zero attached hydrogens (tertiary/aromatic N) is 7. The van der Waals surface area contributed by atoms with Crippen LogP contribution in [0.4, 0.5) is 5.82 Å². The van der Waals surface area contributed by atoms with Gasteiger partial charge in [0.2, 0.25) is 10.0 Å². The summed E-state index contributed by atoms with van der Waals surface area (Å²) in [6.45, 7) is 3.97. The highest BCUT2D eigenvalue weighted by Gasteiger charge is 2.24. The number of sulfonamides is 1. The van der Waals surface area contributed by atoms with Crippen molar-refractivity contribution in [2.24, 2.45) is 0 Å². The van der Waals surface area contributed by atoms with Crippen LogP contribution in [0.3, 0.4) is 0 Å². The second-order valence-corrected chi connectivity index (χ2v) is 11.8. The third kappa shape index (κ3) is 4.87. The predicted molar refractivity (Wildman–Crippen MR) is 148 cm³/mol. The lowest BCUT2D eigenvalue weighted by atomic mass is 10.0. The summed E-state index contributed by atoms with van der Waals surface area (Å²) in [4.78, 5) is 6.54. The van der Waals surface area contributed by atoms with Crippen molar-refractivity contribution in [3.63, 3.8) is 0 Å². The number of nitrogens with two attached hydrogens (primary N) is 1. The van der Waals surface area contributed by atoms with Gasteiger partial charge in [0.15, 0.2) is 5.82 Å². The Labute approximate surface area is 221 Å². The zero-order valence-corrected chi connectivity index (χ0v) is 22.0. The van der Waals surface area contributed by atoms with Crippen molar-refractivity contribution in [1.29, 1.82) is 0 Å². The lowest BCUT2D eigenvalue weighted by Crippen LogP contribution is -2.48. The number of rotatable bonds is 7. The van der Waals surface area contributed by atoms with Gasteiger partial charge in [-0.3, -0.25) is 4.68 Å². The minimum absolute atomic E-state index is 0.428. The van der Waals surface area contributed by atoms with Gasteiger partial charge < -0.3 is 10.6 Å². The van der Waals surface area contributed by atoms with Crippen LogP contribution in [0.15, 0.2) is 67.1 Å². The second kappa shape index (κ2) is 9.82. The van der Waals surface area contributed by atoms with Gasteiger partial charge in [-0.25, -0.2) is 17.9 Å². The van der Waals surface area contributed by atoms with E-state index in [0.29, 0.717) is 38.5 Å². The first kappa shape index (κ1) is 24.5. The molecule has 1 aliphatic heterocycles. The van der Waals surface area contributed by atoms with E-state index in [0.717, 1.165) is 46.2 Å². The molecule has 0 atom stereocenters. The molecule has 3 aromatic heterocycles. The molecule has 2 aromatic carbocycles. The van der Waals surface area contributed by atoms with Gasteiger partial charge in [0, 0.05) is 62.0 Å². The number of benzene rings is 2. The molecule has 0 spiro atoms. The van der Waals surface area contributed by atoms with E-state index in [1.54, 1.807) is 4.31 Å². The maximum absolute atomic E-state index is 11.8. The largest absolute Gasteiger partial charge is 0.382 e. The molecule has 10 nitrogen and oxygen atoms in total. The predicted octanol–water partition coefficient (Wildman–Crippen LogP) is 2.50. The van der Waals surface area contributed by atoms with Crippen molar-refractivity contribution in [3.05, 3.63) is 78.4 Å². The molecule has 0 aliphatic carbocycles. The number of nitrogen functional groups attached to an aromatic ring is 1. The quantitative estimate of drug-likeness (QED) is 0.344. The maximum atomic E-state index is 11.8. The first-order valence-electron chi connectivity index (χ1n) is 12.7. The number of fused-ring (bicyclic) bond motifs is 2. The van der Waals surface area contributed by atoms with Crippen LogP contribution in [0.25, 0.3) is 27.5 Å². The van der Waals surface area contributed by atoms with E-state index in [1.165, 1.54) is 18.1 Å². The van der Waals surface area contributed by atoms with Crippen molar-refractivity contribution < 1.29 is 8.42 Å². The molecule has 0 unspecified atom stereocenters. The summed E-state index contributed by atoms with van der Waals surface area (Å²) < 4.78 is 29.0. The van der Waals surface area contributed by atoms with E-state index in [4.69, 9.17) is 10.8 Å². The Balaban J connectivity index is 1.26. The summed E-state index contributed by atoms with van der Waals surface area (Å²) in [5.74, 6) is 0.428. The molecule has 196 valence electrons. The molecule has 0 saturated carbocycles. The number of aromatic nitrogens is 5. The Hall–Kier alpha value is -3.80. The summed E-state index contributed by atoms with van der Waals surface area (Å²) in [7, 11) is -3.14. The second-order valence-electron chi connectivity index (χ2n) is 9.79. The molecule has 1 aliphatic rings. The van der Waals surface area contributed by atoms with Crippen LogP contribution < -0.4 is 5.73 Å². The summed E-state index contributed by atoms with van der Waals surface area (Å²) in [5.41, 5.74) is 12.3. The standard InChI is InChI=1S/C27H30N8O2S/c1-38(36,37)34-13-11-32(12-14-34)10-9-23-16-24(26-27(28)29-19-30-35(23)26)21-7-8-22-18-33(31-25(22)15-21)17-20-5-3-2-4-6-20/h2-8,15-16,18-19H,9-14,17H2,1H3,(H2,28,29,30). The minimum atomic E-state index is -3.14. The summed E-state index contributed by atoms with van der Waals surface area (Å²) >= 11 is 0. The lowest BCUT2D eigenvalue weighted by Gasteiger charge is -2.33. The monoisotopic (exact) mass is 530 g/mol. The summed E-state index contributed by atoms with van der Waals surface area (Å²) in [6.07, 6.45) is 5.57. The van der Waals surface area contributed by atoms with Crippen LogP contribution in [-0.4, -0.2) is 81.0 Å². The van der Waals surface area contributed by atoms with E-state index >= 15 is 0 Å². The molecular weight excluding hydrogens is 500 g/mol. The van der Waals surface area contributed by atoms with Crippen LogP contribution in [0, 0.1) is 0 Å². The van der Waals surface area contributed by atoms with Gasteiger partial charge in [-0.1, -0.05) is 42.5 Å². The molecule has 6 rings (SSSR count). The fraction of sp³-hybridized carbons (Fsp3) is 0.296. The van der Waals surface area contributed by atoms with Gasteiger partial charge in [-0.05, 0) is 23.3 Å². The van der Waals surface area contributed by atoms with Gasteiger partial charge in [-0.15, -0.1) is 0 Å². The SMILES string of the molecule is CS(=O)(=O)N1CCN(CCc2cc(-c3ccc4cn(Cc5ccccc5)nc4c3)c3c(N)ncnn23)CC1. The highest BCUT2D eigenvalue weighted by atomic mass is 32.2. The van der Waals surface area contributed by atoms with Crippen LogP contribution in [0.5, 0.6) is 0 Å². The molecule has 0 amide bonds. The summed E-state index contributed by atoms with van der Waals surface area (Å²) in [5, 5.41) is 10.4. The molecule has 5 aromatic rings. The molecule has 1 fully saturated rings. The van der Waals surface area contributed by atoms with Crippen molar-refractivity contribution in [3.8, 4) is 11.1 Å². The number of hydrogen-bond acceptors (Lipinski definition) is 7. The van der Waals surface area contributed by atoms with E-state index in [9.17, 15) is 8.42 Å². The Bertz CT molecular complexity index is 1700. The lowest BCUT2D eigenvalue weighted by molar-refractivity contribution is 0.190. The summed E-state index contributed by atoms with van der Waals surface area (Å²) in [6, 6.07) is 18.7. The molecule has 38 heavy (non-hydrogen) atoms. The smallest absolute Gasteiger partial charge is 0.211 e. The Kier molecular flexibility index (Phi) is 6.34. The fourth-order valence-corrected chi connectivity index (χ4v) is 6.00. The van der Waals surface area contributed by atoms with Crippen LogP contribution in [-0.2, 0) is 23.0 Å². The molecule has 0 radical (unpaired) electrons. The van der Waals surface area contributed by atoms with E-state index < -0.39 is 10.0 Å². The number of anilines is 1. The van der Waals surface area contributed by atoms with E-state index in [-0.39, 0.29) is 0 Å². The highest BCUT2D eigenvalue weighted by molar-refractivity contribution is 7.88. The highest BCUT2D eigenvalue weighted by Crippen LogP contribution is 2.32. The van der Waals surface area contributed by atoms with Gasteiger partial charge in [0.05, 0.1) is 18.3 Å². The molecule has 11 heteroatoms. The normalized spacial score (nSPS) is 15.5. The van der Waals surface area contributed by atoms with E-state index in [1.807, 2.05) is 27.4 Å². The molecule has 0 bridgehead atoms. The zero-order chi connectivity index (χ0) is 26.3. The number of hydrogen-bond donors (Lipinski definition) is 1. The van der Waals surface area contributed by atoms with Crippen LogP contribution in [0.2, 0.25) is 0 Å². The molecule has 2 N–H and O–H groups in total. The topological polar surface area (TPSA) is 115 Å². The Morgan fingerprint density at radius 2 is 1.79 bits per heavy atom. The minimum Gasteiger partial charge on any atom is -0.382 e. The average molecular weight is 531 g/mol. The van der Waals surface area contributed by atoms with Gasteiger partial charge in [0.25, 0.3) is 0 Å². The molecule has 4 heterocycles. The zero-order valence-electron chi connectivity index (χ0n) is 21.2. The van der Waals surface area contributed by atoms with Crippen molar-refractivity contribution in [1.82, 2.24) is 33.6 Å². The van der Waals surface area contributed by atoms with Gasteiger partial charge in [0.1, 0.15) is 11.8 Å². The Morgan fingerprint density at radius 1 is 1.00 bits per heavy atom. The van der Waals surface area contributed by atoms with E-state index in [2.05, 4.69) is 57.6 Å². The fourth-order valence-electron chi connectivity index (χ4n) is 5.17. The first-order chi connectivity index (χ1) is 18.3. The van der Waals surface area contributed by atoms with Crippen LogP contribution in [0.1, 0.15) is 11.3 Å². The van der Waals surface area contributed by atoms with Crippen molar-refractivity contribution in [2.75, 3.05) is 44.7 Å². The van der Waals surface area contributed by atoms with Crippen LogP contribution >= 0.6 is 0 Å². The third-order valence-corrected chi connectivity index (χ3v) is 8.50. The maximum Gasteiger partial charge on any atom is 0.211 e. The first-order valence-corrected chi connectivity index (χ1v) is 14.5. The van der Waals surface area contributed by atoms with Gasteiger partial charge >= 0.3 is 0 Å². The average Bonchev–Trinajstić information content (AvgIpc) is 3.49. The third-order valence-electron chi connectivity index (χ3n) is 7.19. The Morgan fingerprint density at radius 3 is 2.55 bits per heavy atom. The molecule has 1 saturated heterocycles. The van der Waals surface area contributed by atoms with Crippen molar-refractivity contribution >= 4 is 32.3 Å². The van der Waals surface area contributed by atoms with Crippen molar-refractivity contribution in [2.45, 2.75) is 13.0 Å². The number of piperazine rings is 1.